The number of halogens is 1. The van der Waals surface area contributed by atoms with Crippen LogP contribution in [0.15, 0.2) is 47.5 Å². The van der Waals surface area contributed by atoms with Gasteiger partial charge in [-0.2, -0.15) is 5.26 Å². The van der Waals surface area contributed by atoms with E-state index in [1.165, 1.54) is 11.8 Å². The lowest BCUT2D eigenvalue weighted by Gasteiger charge is -2.09. The molecule has 1 heterocycles. The van der Waals surface area contributed by atoms with Crippen LogP contribution in [0.5, 0.6) is 0 Å². The van der Waals surface area contributed by atoms with Crippen LogP contribution in [0.2, 0.25) is 5.02 Å². The second-order valence-electron chi connectivity index (χ2n) is 5.95. The molecule has 1 aromatic heterocycles. The van der Waals surface area contributed by atoms with Gasteiger partial charge in [0, 0.05) is 16.1 Å². The Labute approximate surface area is 161 Å². The summed E-state index contributed by atoms with van der Waals surface area (Å²) >= 11 is 7.23. The van der Waals surface area contributed by atoms with E-state index in [1.54, 1.807) is 12.1 Å². The molecule has 0 fully saturated rings. The van der Waals surface area contributed by atoms with Crippen molar-refractivity contribution in [3.63, 3.8) is 0 Å². The number of carbonyl (C=O) groups excluding carboxylic acids is 1. The van der Waals surface area contributed by atoms with Crippen molar-refractivity contribution in [1.29, 1.82) is 5.26 Å². The Morgan fingerprint density at radius 3 is 2.81 bits per heavy atom. The SMILES string of the molecule is Cc1ccc2cc(C#N)c(SCC(=O)Nc3cc(Cl)ccc3C)nc2c1. The number of fused-ring (bicyclic) bond motifs is 1. The highest BCUT2D eigenvalue weighted by Gasteiger charge is 2.11. The first-order valence-electron chi connectivity index (χ1n) is 7.96. The molecule has 3 rings (SSSR count). The zero-order valence-electron chi connectivity index (χ0n) is 14.3. The number of rotatable bonds is 4. The largest absolute Gasteiger partial charge is 0.325 e. The molecule has 0 unspecified atom stereocenters. The van der Waals surface area contributed by atoms with E-state index in [2.05, 4.69) is 16.4 Å². The summed E-state index contributed by atoms with van der Waals surface area (Å²) in [6.07, 6.45) is 0. The summed E-state index contributed by atoms with van der Waals surface area (Å²) in [5, 5.41) is 14.3. The number of aryl methyl sites for hydroxylation is 2. The molecule has 0 atom stereocenters. The average molecular weight is 382 g/mol. The van der Waals surface area contributed by atoms with Gasteiger partial charge in [-0.05, 0) is 49.2 Å². The quantitative estimate of drug-likeness (QED) is 0.638. The number of anilines is 1. The van der Waals surface area contributed by atoms with Crippen LogP contribution in [0.4, 0.5) is 5.69 Å². The van der Waals surface area contributed by atoms with Crippen molar-refractivity contribution in [2.45, 2.75) is 18.9 Å². The number of nitrogens with one attached hydrogen (secondary N) is 1. The number of nitrogens with zero attached hydrogens (tertiary/aromatic N) is 2. The van der Waals surface area contributed by atoms with E-state index in [1.807, 2.05) is 44.2 Å². The topological polar surface area (TPSA) is 65.8 Å². The molecule has 1 amide bonds. The summed E-state index contributed by atoms with van der Waals surface area (Å²) in [5.74, 6) is -0.0132. The lowest BCUT2D eigenvalue weighted by atomic mass is 10.1. The van der Waals surface area contributed by atoms with Gasteiger partial charge in [-0.15, -0.1) is 0 Å². The number of thioether (sulfide) groups is 1. The minimum atomic E-state index is -0.171. The van der Waals surface area contributed by atoms with Gasteiger partial charge < -0.3 is 5.32 Å². The third-order valence-corrected chi connectivity index (χ3v) is 5.10. The van der Waals surface area contributed by atoms with Gasteiger partial charge in [0.2, 0.25) is 5.91 Å². The van der Waals surface area contributed by atoms with Crippen molar-refractivity contribution in [3.05, 3.63) is 64.2 Å². The van der Waals surface area contributed by atoms with Gasteiger partial charge in [0.25, 0.3) is 0 Å². The first-order valence-corrected chi connectivity index (χ1v) is 9.33. The molecule has 26 heavy (non-hydrogen) atoms. The summed E-state index contributed by atoms with van der Waals surface area (Å²) in [6, 6.07) is 15.2. The summed E-state index contributed by atoms with van der Waals surface area (Å²) < 4.78 is 0. The number of carbonyl (C=O) groups is 1. The third-order valence-electron chi connectivity index (χ3n) is 3.87. The van der Waals surface area contributed by atoms with Crippen LogP contribution in [-0.2, 0) is 4.79 Å². The van der Waals surface area contributed by atoms with Crippen LogP contribution in [0.3, 0.4) is 0 Å². The molecule has 0 aliphatic carbocycles. The number of hydrogen-bond donors (Lipinski definition) is 1. The highest BCUT2D eigenvalue weighted by molar-refractivity contribution is 8.00. The Morgan fingerprint density at radius 2 is 2.04 bits per heavy atom. The van der Waals surface area contributed by atoms with Crippen molar-refractivity contribution in [2.24, 2.45) is 0 Å². The van der Waals surface area contributed by atoms with Gasteiger partial charge in [0.1, 0.15) is 11.1 Å². The Bertz CT molecular complexity index is 1040. The minimum absolute atomic E-state index is 0.158. The highest BCUT2D eigenvalue weighted by atomic mass is 35.5. The molecule has 0 aliphatic rings. The molecule has 0 bridgehead atoms. The zero-order chi connectivity index (χ0) is 18.7. The molecule has 0 radical (unpaired) electrons. The second kappa shape index (κ2) is 7.77. The van der Waals surface area contributed by atoms with Gasteiger partial charge in [0.15, 0.2) is 0 Å². The number of benzene rings is 2. The molecular formula is C20H16ClN3OS. The number of aromatic nitrogens is 1. The van der Waals surface area contributed by atoms with E-state index in [4.69, 9.17) is 11.6 Å². The molecule has 130 valence electrons. The molecule has 1 N–H and O–H groups in total. The average Bonchev–Trinajstić information content (AvgIpc) is 2.62. The maximum absolute atomic E-state index is 12.3. The first-order chi connectivity index (χ1) is 12.5. The maximum Gasteiger partial charge on any atom is 0.234 e. The Morgan fingerprint density at radius 1 is 1.23 bits per heavy atom. The lowest BCUT2D eigenvalue weighted by molar-refractivity contribution is -0.113. The van der Waals surface area contributed by atoms with Crippen LogP contribution >= 0.6 is 23.4 Å². The molecule has 0 saturated heterocycles. The van der Waals surface area contributed by atoms with E-state index in [0.717, 1.165) is 22.0 Å². The fourth-order valence-electron chi connectivity index (χ4n) is 2.50. The highest BCUT2D eigenvalue weighted by Crippen LogP contribution is 2.26. The van der Waals surface area contributed by atoms with Gasteiger partial charge >= 0.3 is 0 Å². The fourth-order valence-corrected chi connectivity index (χ4v) is 3.43. The number of hydrogen-bond acceptors (Lipinski definition) is 4. The van der Waals surface area contributed by atoms with Gasteiger partial charge in [0.05, 0.1) is 16.8 Å². The van der Waals surface area contributed by atoms with Crippen LogP contribution < -0.4 is 5.32 Å². The van der Waals surface area contributed by atoms with Gasteiger partial charge in [-0.1, -0.05) is 41.6 Å². The van der Waals surface area contributed by atoms with Crippen LogP contribution in [0.1, 0.15) is 16.7 Å². The Balaban J connectivity index is 1.77. The van der Waals surface area contributed by atoms with E-state index in [0.29, 0.717) is 21.3 Å². The normalized spacial score (nSPS) is 10.5. The summed E-state index contributed by atoms with van der Waals surface area (Å²) in [4.78, 5) is 16.8. The Hall–Kier alpha value is -2.55. The fraction of sp³-hybridized carbons (Fsp3) is 0.150. The molecule has 2 aromatic carbocycles. The standard InChI is InChI=1S/C20H16ClN3OS/c1-12-3-5-14-8-15(10-22)20(24-18(14)7-12)26-11-19(25)23-17-9-16(21)6-4-13(17)2/h3-9H,11H2,1-2H3,(H,23,25). The summed E-state index contributed by atoms with van der Waals surface area (Å²) in [7, 11) is 0. The van der Waals surface area contributed by atoms with E-state index < -0.39 is 0 Å². The molecule has 0 saturated carbocycles. The predicted octanol–water partition coefficient (Wildman–Crippen LogP) is 5.11. The second-order valence-corrected chi connectivity index (χ2v) is 7.35. The van der Waals surface area contributed by atoms with Crippen molar-refractivity contribution >= 4 is 45.9 Å². The summed E-state index contributed by atoms with van der Waals surface area (Å²) in [5.41, 5.74) is 4.01. The predicted molar refractivity (Wildman–Crippen MR) is 107 cm³/mol. The van der Waals surface area contributed by atoms with Crippen LogP contribution in [0.25, 0.3) is 10.9 Å². The molecule has 6 heteroatoms. The van der Waals surface area contributed by atoms with Gasteiger partial charge in [-0.25, -0.2) is 4.98 Å². The van der Waals surface area contributed by atoms with E-state index in [9.17, 15) is 10.1 Å². The molecule has 4 nitrogen and oxygen atoms in total. The first kappa shape index (κ1) is 18.2. The number of amides is 1. The minimum Gasteiger partial charge on any atom is -0.325 e. The van der Waals surface area contributed by atoms with Gasteiger partial charge in [-0.3, -0.25) is 4.79 Å². The van der Waals surface area contributed by atoms with E-state index >= 15 is 0 Å². The van der Waals surface area contributed by atoms with Crippen LogP contribution in [0, 0.1) is 25.2 Å². The van der Waals surface area contributed by atoms with Crippen molar-refractivity contribution in [2.75, 3.05) is 11.1 Å². The number of nitriles is 1. The van der Waals surface area contributed by atoms with Crippen molar-refractivity contribution < 1.29 is 4.79 Å². The number of pyridine rings is 1. The zero-order valence-corrected chi connectivity index (χ0v) is 15.9. The smallest absolute Gasteiger partial charge is 0.234 e. The molecular weight excluding hydrogens is 366 g/mol. The van der Waals surface area contributed by atoms with Crippen molar-refractivity contribution in [1.82, 2.24) is 4.98 Å². The lowest BCUT2D eigenvalue weighted by Crippen LogP contribution is -2.15. The van der Waals surface area contributed by atoms with Crippen LogP contribution in [-0.4, -0.2) is 16.6 Å². The molecule has 0 spiro atoms. The van der Waals surface area contributed by atoms with Crippen molar-refractivity contribution in [3.8, 4) is 6.07 Å². The monoisotopic (exact) mass is 381 g/mol. The van der Waals surface area contributed by atoms with E-state index in [-0.39, 0.29) is 11.7 Å². The molecule has 0 aliphatic heterocycles. The third kappa shape index (κ3) is 4.16. The molecule has 3 aromatic rings. The summed E-state index contributed by atoms with van der Waals surface area (Å²) in [6.45, 7) is 3.90. The maximum atomic E-state index is 12.3. The Kier molecular flexibility index (Phi) is 5.46.